The zero-order valence-electron chi connectivity index (χ0n) is 17.7. The molecule has 35 heavy (non-hydrogen) atoms. The van der Waals surface area contributed by atoms with E-state index in [0.29, 0.717) is 4.90 Å². The Morgan fingerprint density at radius 3 is 2.17 bits per heavy atom. The third-order valence-corrected chi connectivity index (χ3v) is 6.12. The van der Waals surface area contributed by atoms with Gasteiger partial charge in [-0.05, 0) is 36.4 Å². The van der Waals surface area contributed by atoms with E-state index >= 15 is 0 Å². The monoisotopic (exact) mass is 493 g/mol. The number of nitro benzene ring substituents is 1. The first-order valence-corrected chi connectivity index (χ1v) is 11.3. The molecule has 12 heteroatoms. The van der Waals surface area contributed by atoms with Gasteiger partial charge in [-0.25, -0.2) is 9.69 Å². The van der Waals surface area contributed by atoms with Crippen LogP contribution in [-0.2, 0) is 19.7 Å². The molecule has 3 aromatic carbocycles. The van der Waals surface area contributed by atoms with Gasteiger partial charge >= 0.3 is 16.1 Å². The van der Waals surface area contributed by atoms with Crippen LogP contribution in [0.4, 0.5) is 16.2 Å². The molecule has 1 heterocycles. The third-order valence-electron chi connectivity index (χ3n) is 4.87. The normalized spacial score (nSPS) is 15.1. The molecule has 0 aromatic heterocycles. The number of benzene rings is 3. The molecule has 0 unspecified atom stereocenters. The molecule has 0 atom stereocenters. The highest BCUT2D eigenvalue weighted by atomic mass is 32.2. The maximum atomic E-state index is 13.1. The number of amides is 4. The number of non-ortho nitro benzene ring substituents is 1. The van der Waals surface area contributed by atoms with Crippen molar-refractivity contribution in [2.24, 2.45) is 0 Å². The number of nitrogens with zero attached hydrogens (tertiary/aromatic N) is 2. The summed E-state index contributed by atoms with van der Waals surface area (Å²) in [7, 11) is -4.21. The summed E-state index contributed by atoms with van der Waals surface area (Å²) >= 11 is 0. The molecule has 4 amide bonds. The van der Waals surface area contributed by atoms with Crippen molar-refractivity contribution >= 4 is 45.4 Å². The van der Waals surface area contributed by atoms with Crippen molar-refractivity contribution in [3.8, 4) is 5.75 Å². The summed E-state index contributed by atoms with van der Waals surface area (Å²) in [5, 5.41) is 12.9. The Balaban J connectivity index is 1.70. The van der Waals surface area contributed by atoms with E-state index in [2.05, 4.69) is 0 Å². The summed E-state index contributed by atoms with van der Waals surface area (Å²) in [4.78, 5) is 48.7. The van der Waals surface area contributed by atoms with Crippen molar-refractivity contribution in [1.82, 2.24) is 5.32 Å². The Morgan fingerprint density at radius 1 is 0.886 bits per heavy atom. The number of nitrogens with one attached hydrogen (secondary N) is 1. The summed E-state index contributed by atoms with van der Waals surface area (Å²) in [5.74, 6) is -2.16. The fraction of sp³-hybridized carbons (Fsp3) is 0. The zero-order chi connectivity index (χ0) is 25.2. The van der Waals surface area contributed by atoms with E-state index in [4.69, 9.17) is 4.18 Å². The maximum Gasteiger partial charge on any atom is 0.339 e. The number of para-hydroxylation sites is 1. The first-order chi connectivity index (χ1) is 16.7. The molecule has 1 fully saturated rings. The molecule has 1 aliphatic heterocycles. The lowest BCUT2D eigenvalue weighted by atomic mass is 10.1. The highest BCUT2D eigenvalue weighted by Crippen LogP contribution is 2.28. The van der Waals surface area contributed by atoms with Gasteiger partial charge in [0.15, 0.2) is 0 Å². The second-order valence-electron chi connectivity index (χ2n) is 7.12. The molecular formula is C23H15N3O8S. The number of hydrogen-bond acceptors (Lipinski definition) is 8. The number of hydrogen-bond donors (Lipinski definition) is 1. The molecule has 0 bridgehead atoms. The van der Waals surface area contributed by atoms with Crippen LogP contribution in [0, 0.1) is 10.1 Å². The van der Waals surface area contributed by atoms with Crippen LogP contribution in [0.25, 0.3) is 6.08 Å². The van der Waals surface area contributed by atoms with Crippen molar-refractivity contribution in [1.29, 1.82) is 0 Å². The van der Waals surface area contributed by atoms with Gasteiger partial charge in [0.1, 0.15) is 16.2 Å². The first-order valence-electron chi connectivity index (χ1n) is 9.92. The van der Waals surface area contributed by atoms with Gasteiger partial charge in [-0.1, -0.05) is 36.4 Å². The number of urea groups is 1. The molecule has 4 rings (SSSR count). The van der Waals surface area contributed by atoms with E-state index in [1.165, 1.54) is 54.6 Å². The molecule has 1 aliphatic rings. The standard InChI is InChI=1S/C23H15N3O8S/c27-21-19(22(28)25(23(29)24-21)16-10-12-17(13-11-16)26(30)31)14-15-6-4-5-9-20(15)34-35(32,33)18-7-2-1-3-8-18/h1-14H,(H,24,27,29)/b19-14+. The van der Waals surface area contributed by atoms with E-state index in [9.17, 15) is 32.9 Å². The van der Waals surface area contributed by atoms with E-state index in [1.807, 2.05) is 5.32 Å². The van der Waals surface area contributed by atoms with Gasteiger partial charge in [0.05, 0.1) is 10.6 Å². The van der Waals surface area contributed by atoms with Gasteiger partial charge in [0.25, 0.3) is 17.5 Å². The van der Waals surface area contributed by atoms with Gasteiger partial charge in [-0.2, -0.15) is 8.42 Å². The Morgan fingerprint density at radius 2 is 1.51 bits per heavy atom. The highest BCUT2D eigenvalue weighted by Gasteiger charge is 2.37. The predicted octanol–water partition coefficient (Wildman–Crippen LogP) is 3.03. The number of anilines is 1. The molecule has 11 nitrogen and oxygen atoms in total. The van der Waals surface area contributed by atoms with Gasteiger partial charge in [0, 0.05) is 17.7 Å². The van der Waals surface area contributed by atoms with Crippen LogP contribution in [0.2, 0.25) is 0 Å². The van der Waals surface area contributed by atoms with Crippen molar-refractivity contribution in [3.05, 3.63) is 100 Å². The van der Waals surface area contributed by atoms with Gasteiger partial charge < -0.3 is 4.18 Å². The van der Waals surface area contributed by atoms with Gasteiger partial charge in [0.2, 0.25) is 0 Å². The van der Waals surface area contributed by atoms with Crippen LogP contribution in [0.5, 0.6) is 5.75 Å². The van der Waals surface area contributed by atoms with Crippen LogP contribution in [0.15, 0.2) is 89.3 Å². The summed E-state index contributed by atoms with van der Waals surface area (Å²) in [6.45, 7) is 0. The highest BCUT2D eigenvalue weighted by molar-refractivity contribution is 7.87. The fourth-order valence-electron chi connectivity index (χ4n) is 3.20. The van der Waals surface area contributed by atoms with Gasteiger partial charge in [-0.3, -0.25) is 25.0 Å². The van der Waals surface area contributed by atoms with E-state index < -0.39 is 38.5 Å². The Bertz CT molecular complexity index is 1480. The van der Waals surface area contributed by atoms with Crippen LogP contribution in [0.1, 0.15) is 5.56 Å². The predicted molar refractivity (Wildman–Crippen MR) is 123 cm³/mol. The topological polar surface area (TPSA) is 153 Å². The minimum atomic E-state index is -4.21. The SMILES string of the molecule is O=C1NC(=O)N(c2ccc([N+](=O)[O-])cc2)C(=O)/C1=C/c1ccccc1OS(=O)(=O)c1ccccc1. The maximum absolute atomic E-state index is 13.1. The first kappa shape index (κ1) is 23.3. The minimum Gasteiger partial charge on any atom is -0.378 e. The van der Waals surface area contributed by atoms with Crippen LogP contribution in [-0.4, -0.2) is 31.2 Å². The largest absolute Gasteiger partial charge is 0.378 e. The van der Waals surface area contributed by atoms with Crippen LogP contribution >= 0.6 is 0 Å². The average molecular weight is 493 g/mol. The van der Waals surface area contributed by atoms with Crippen molar-refractivity contribution in [2.45, 2.75) is 4.90 Å². The molecular weight excluding hydrogens is 478 g/mol. The molecule has 0 saturated carbocycles. The summed E-state index contributed by atoms with van der Waals surface area (Å²) in [5.41, 5.74) is -0.650. The Hall–Kier alpha value is -4.84. The smallest absolute Gasteiger partial charge is 0.339 e. The number of rotatable bonds is 6. The number of imide groups is 2. The van der Waals surface area contributed by atoms with E-state index in [0.717, 1.165) is 18.2 Å². The van der Waals surface area contributed by atoms with Crippen molar-refractivity contribution in [3.63, 3.8) is 0 Å². The molecule has 0 radical (unpaired) electrons. The number of barbiturate groups is 1. The fourth-order valence-corrected chi connectivity index (χ4v) is 4.17. The quantitative estimate of drug-likeness (QED) is 0.181. The Kier molecular flexibility index (Phi) is 6.12. The van der Waals surface area contributed by atoms with Crippen molar-refractivity contribution < 1.29 is 31.9 Å². The average Bonchev–Trinajstić information content (AvgIpc) is 2.83. The summed E-state index contributed by atoms with van der Waals surface area (Å²) in [6.07, 6.45) is 1.10. The second kappa shape index (κ2) is 9.19. The molecule has 0 aliphatic carbocycles. The van der Waals surface area contributed by atoms with E-state index in [1.54, 1.807) is 12.1 Å². The van der Waals surface area contributed by atoms with E-state index in [-0.39, 0.29) is 27.6 Å². The Labute approximate surface area is 198 Å². The zero-order valence-corrected chi connectivity index (χ0v) is 18.5. The minimum absolute atomic E-state index is 0.00677. The molecule has 3 aromatic rings. The molecule has 176 valence electrons. The molecule has 1 saturated heterocycles. The molecule has 0 spiro atoms. The lowest BCUT2D eigenvalue weighted by molar-refractivity contribution is -0.384. The number of nitro groups is 1. The van der Waals surface area contributed by atoms with Crippen LogP contribution < -0.4 is 14.4 Å². The third kappa shape index (κ3) is 4.77. The van der Waals surface area contributed by atoms with Crippen LogP contribution in [0.3, 0.4) is 0 Å². The lowest BCUT2D eigenvalue weighted by Crippen LogP contribution is -2.54. The number of carbonyl (C=O) groups excluding carboxylic acids is 3. The van der Waals surface area contributed by atoms with Crippen molar-refractivity contribution in [2.75, 3.05) is 4.90 Å². The second-order valence-corrected chi connectivity index (χ2v) is 8.67. The summed E-state index contributed by atoms with van der Waals surface area (Å²) < 4.78 is 30.5. The number of carbonyl (C=O) groups is 3. The summed E-state index contributed by atoms with van der Waals surface area (Å²) in [6, 6.07) is 16.8. The molecule has 1 N–H and O–H groups in total. The lowest BCUT2D eigenvalue weighted by Gasteiger charge is -2.26. The van der Waals surface area contributed by atoms with Gasteiger partial charge in [-0.15, -0.1) is 0 Å².